The summed E-state index contributed by atoms with van der Waals surface area (Å²) in [6, 6.07) is 15.6. The molecule has 2 aromatic carbocycles. The van der Waals surface area contributed by atoms with E-state index in [4.69, 9.17) is 11.6 Å². The second-order valence-corrected chi connectivity index (χ2v) is 6.09. The molecule has 0 atom stereocenters. The molecule has 0 aliphatic heterocycles. The Hall–Kier alpha value is -3.26. The van der Waals surface area contributed by atoms with Gasteiger partial charge in [-0.1, -0.05) is 41.9 Å². The lowest BCUT2D eigenvalue weighted by atomic mass is 10.2. The van der Waals surface area contributed by atoms with Crippen LogP contribution in [0.25, 0.3) is 0 Å². The maximum atomic E-state index is 12.4. The van der Waals surface area contributed by atoms with Gasteiger partial charge in [-0.05, 0) is 29.8 Å². The molecule has 0 saturated carbocycles. The summed E-state index contributed by atoms with van der Waals surface area (Å²) in [6.45, 7) is -2.79. The van der Waals surface area contributed by atoms with Crippen LogP contribution in [0, 0.1) is 0 Å². The van der Waals surface area contributed by atoms with Crippen LogP contribution in [-0.2, 0) is 6.54 Å². The minimum atomic E-state index is -3.01. The molecule has 0 unspecified atom stereocenters. The van der Waals surface area contributed by atoms with E-state index in [1.54, 1.807) is 0 Å². The van der Waals surface area contributed by atoms with E-state index in [1.807, 2.05) is 30.3 Å². The molecule has 0 radical (unpaired) electrons. The standard InChI is InChI=1S/C19H14ClF2N3O3/c20-14-10-13(6-8-16(14)28-19(21)22)23-18(27)15-7-9-17(26)25(24-15)11-12-4-2-1-3-5-12/h1-10,19H,11H2,(H,23,27). The zero-order valence-corrected chi connectivity index (χ0v) is 15.1. The first kappa shape index (κ1) is 19.5. The van der Waals surface area contributed by atoms with Crippen LogP contribution in [0.15, 0.2) is 65.5 Å². The van der Waals surface area contributed by atoms with E-state index >= 15 is 0 Å². The van der Waals surface area contributed by atoms with E-state index < -0.39 is 12.5 Å². The van der Waals surface area contributed by atoms with Crippen molar-refractivity contribution in [3.8, 4) is 5.75 Å². The van der Waals surface area contributed by atoms with Crippen LogP contribution in [0.3, 0.4) is 0 Å². The minimum Gasteiger partial charge on any atom is -0.433 e. The Morgan fingerprint density at radius 1 is 1.14 bits per heavy atom. The minimum absolute atomic E-state index is 0.0135. The molecule has 28 heavy (non-hydrogen) atoms. The lowest BCUT2D eigenvalue weighted by Gasteiger charge is -2.10. The highest BCUT2D eigenvalue weighted by molar-refractivity contribution is 6.32. The van der Waals surface area contributed by atoms with Crippen LogP contribution in [0.5, 0.6) is 5.75 Å². The molecule has 1 amide bonds. The highest BCUT2D eigenvalue weighted by Crippen LogP contribution is 2.29. The number of nitrogens with zero attached hydrogens (tertiary/aromatic N) is 2. The average molecular weight is 406 g/mol. The first-order valence-corrected chi connectivity index (χ1v) is 8.48. The predicted octanol–water partition coefficient (Wildman–Crippen LogP) is 3.80. The van der Waals surface area contributed by atoms with Gasteiger partial charge in [-0.15, -0.1) is 0 Å². The van der Waals surface area contributed by atoms with E-state index in [0.717, 1.165) is 5.56 Å². The number of anilines is 1. The van der Waals surface area contributed by atoms with E-state index in [1.165, 1.54) is 35.0 Å². The lowest BCUT2D eigenvalue weighted by molar-refractivity contribution is -0.0497. The Balaban J connectivity index is 1.77. The third-order valence-corrected chi connectivity index (χ3v) is 3.98. The molecule has 3 rings (SSSR count). The second-order valence-electron chi connectivity index (χ2n) is 5.68. The van der Waals surface area contributed by atoms with Gasteiger partial charge in [-0.3, -0.25) is 9.59 Å². The van der Waals surface area contributed by atoms with Crippen LogP contribution < -0.4 is 15.6 Å². The molecular weight excluding hydrogens is 392 g/mol. The number of nitrogens with one attached hydrogen (secondary N) is 1. The normalized spacial score (nSPS) is 10.7. The van der Waals surface area contributed by atoms with Gasteiger partial charge in [0.25, 0.3) is 11.5 Å². The van der Waals surface area contributed by atoms with E-state index in [-0.39, 0.29) is 34.3 Å². The predicted molar refractivity (Wildman–Crippen MR) is 100 cm³/mol. The fraction of sp³-hybridized carbons (Fsp3) is 0.105. The molecule has 6 nitrogen and oxygen atoms in total. The summed E-state index contributed by atoms with van der Waals surface area (Å²) >= 11 is 5.87. The zero-order valence-electron chi connectivity index (χ0n) is 14.3. The molecule has 0 aliphatic carbocycles. The third-order valence-electron chi connectivity index (χ3n) is 3.68. The Kier molecular flexibility index (Phi) is 6.00. The quantitative estimate of drug-likeness (QED) is 0.677. The molecule has 144 valence electrons. The molecular formula is C19H14ClF2N3O3. The monoisotopic (exact) mass is 405 g/mol. The fourth-order valence-electron chi connectivity index (χ4n) is 2.40. The number of halogens is 3. The highest BCUT2D eigenvalue weighted by Gasteiger charge is 2.13. The Morgan fingerprint density at radius 3 is 2.57 bits per heavy atom. The van der Waals surface area contributed by atoms with Crippen molar-refractivity contribution >= 4 is 23.2 Å². The van der Waals surface area contributed by atoms with Crippen LogP contribution in [0.1, 0.15) is 16.1 Å². The number of hydrogen-bond donors (Lipinski definition) is 1. The molecule has 9 heteroatoms. The summed E-state index contributed by atoms with van der Waals surface area (Å²) in [4.78, 5) is 24.4. The number of amides is 1. The van der Waals surface area contributed by atoms with Crippen LogP contribution in [0.4, 0.5) is 14.5 Å². The summed E-state index contributed by atoms with van der Waals surface area (Å²) in [5.74, 6) is -0.787. The molecule has 0 bridgehead atoms. The van der Waals surface area contributed by atoms with Gasteiger partial charge in [0.15, 0.2) is 0 Å². The van der Waals surface area contributed by atoms with Crippen LogP contribution >= 0.6 is 11.6 Å². The number of benzene rings is 2. The smallest absolute Gasteiger partial charge is 0.387 e. The number of aromatic nitrogens is 2. The summed E-state index contributed by atoms with van der Waals surface area (Å²) < 4.78 is 30.0. The van der Waals surface area contributed by atoms with Crippen LogP contribution in [-0.4, -0.2) is 22.3 Å². The van der Waals surface area contributed by atoms with Crippen LogP contribution in [0.2, 0.25) is 5.02 Å². The van der Waals surface area contributed by atoms with Gasteiger partial charge in [0, 0.05) is 11.8 Å². The van der Waals surface area contributed by atoms with Crippen molar-refractivity contribution < 1.29 is 18.3 Å². The largest absolute Gasteiger partial charge is 0.433 e. The van der Waals surface area contributed by atoms with Gasteiger partial charge in [0.2, 0.25) is 0 Å². The molecule has 0 spiro atoms. The molecule has 3 aromatic rings. The molecule has 0 aliphatic rings. The Labute approximate surface area is 163 Å². The van der Waals surface area contributed by atoms with Gasteiger partial charge in [0.05, 0.1) is 11.6 Å². The zero-order chi connectivity index (χ0) is 20.1. The number of carbonyl (C=O) groups excluding carboxylic acids is 1. The number of carbonyl (C=O) groups is 1. The lowest BCUT2D eigenvalue weighted by Crippen LogP contribution is -2.26. The van der Waals surface area contributed by atoms with Gasteiger partial charge in [-0.25, -0.2) is 4.68 Å². The molecule has 1 heterocycles. The summed E-state index contributed by atoms with van der Waals surface area (Å²) in [6.07, 6.45) is 0. The number of rotatable bonds is 6. The van der Waals surface area contributed by atoms with Crippen molar-refractivity contribution in [3.05, 3.63) is 87.3 Å². The van der Waals surface area contributed by atoms with Gasteiger partial charge < -0.3 is 10.1 Å². The van der Waals surface area contributed by atoms with Crippen molar-refractivity contribution in [2.24, 2.45) is 0 Å². The summed E-state index contributed by atoms with van der Waals surface area (Å²) in [5.41, 5.74) is 0.784. The Morgan fingerprint density at radius 2 is 1.89 bits per heavy atom. The second kappa shape index (κ2) is 8.62. The van der Waals surface area contributed by atoms with Crippen molar-refractivity contribution in [1.82, 2.24) is 9.78 Å². The fourth-order valence-corrected chi connectivity index (χ4v) is 2.63. The SMILES string of the molecule is O=C(Nc1ccc(OC(F)F)c(Cl)c1)c1ccc(=O)n(Cc2ccccc2)n1. The summed E-state index contributed by atoms with van der Waals surface area (Å²) in [5, 5.41) is 6.54. The van der Waals surface area contributed by atoms with Crippen molar-refractivity contribution in [2.45, 2.75) is 13.2 Å². The van der Waals surface area contributed by atoms with Gasteiger partial charge in [-0.2, -0.15) is 13.9 Å². The molecule has 0 fully saturated rings. The van der Waals surface area contributed by atoms with Gasteiger partial charge in [0.1, 0.15) is 11.4 Å². The molecule has 0 saturated heterocycles. The maximum Gasteiger partial charge on any atom is 0.387 e. The number of alkyl halides is 2. The topological polar surface area (TPSA) is 73.2 Å². The number of ether oxygens (including phenoxy) is 1. The first-order valence-electron chi connectivity index (χ1n) is 8.10. The Bertz CT molecular complexity index is 1040. The van der Waals surface area contributed by atoms with E-state index in [2.05, 4.69) is 15.2 Å². The number of hydrogen-bond acceptors (Lipinski definition) is 4. The van der Waals surface area contributed by atoms with Crippen molar-refractivity contribution in [1.29, 1.82) is 0 Å². The molecule has 1 aromatic heterocycles. The van der Waals surface area contributed by atoms with Crippen molar-refractivity contribution in [3.63, 3.8) is 0 Å². The van der Waals surface area contributed by atoms with Crippen molar-refractivity contribution in [2.75, 3.05) is 5.32 Å². The maximum absolute atomic E-state index is 12.4. The first-order chi connectivity index (χ1) is 13.4. The van der Waals surface area contributed by atoms with E-state index in [0.29, 0.717) is 0 Å². The average Bonchev–Trinajstić information content (AvgIpc) is 2.66. The van der Waals surface area contributed by atoms with E-state index in [9.17, 15) is 18.4 Å². The third kappa shape index (κ3) is 4.92. The summed E-state index contributed by atoms with van der Waals surface area (Å²) in [7, 11) is 0. The highest BCUT2D eigenvalue weighted by atomic mass is 35.5. The molecule has 1 N–H and O–H groups in total. The van der Waals surface area contributed by atoms with Gasteiger partial charge >= 0.3 is 6.61 Å².